The van der Waals surface area contributed by atoms with E-state index in [1.54, 1.807) is 0 Å². The molecule has 28 heavy (non-hydrogen) atoms. The number of hydrogen-bond donors (Lipinski definition) is 1. The molecule has 4 rings (SSSR count). The second-order valence-corrected chi connectivity index (χ2v) is 9.47. The number of pyridine rings is 1. The SMILES string of the molecule is C=C(CN1CCCCC1)Nc1cc2cc(C3OC(C)(C)C3(C)C)ccc2cn1. The lowest BCUT2D eigenvalue weighted by molar-refractivity contribution is -0.294. The maximum absolute atomic E-state index is 6.21. The van der Waals surface area contributed by atoms with Crippen LogP contribution in [-0.4, -0.2) is 35.1 Å². The Bertz CT molecular complexity index is 881. The Morgan fingerprint density at radius 2 is 1.89 bits per heavy atom. The van der Waals surface area contributed by atoms with E-state index in [-0.39, 0.29) is 17.1 Å². The van der Waals surface area contributed by atoms with Crippen LogP contribution < -0.4 is 5.32 Å². The number of rotatable bonds is 5. The van der Waals surface area contributed by atoms with Crippen molar-refractivity contribution in [2.24, 2.45) is 5.41 Å². The normalized spacial score (nSPS) is 23.9. The third-order valence-corrected chi connectivity index (χ3v) is 6.84. The highest BCUT2D eigenvalue weighted by molar-refractivity contribution is 5.85. The molecule has 0 saturated carbocycles. The third kappa shape index (κ3) is 3.56. The van der Waals surface area contributed by atoms with Crippen molar-refractivity contribution in [3.05, 3.63) is 48.3 Å². The van der Waals surface area contributed by atoms with Gasteiger partial charge in [0, 0.05) is 29.2 Å². The topological polar surface area (TPSA) is 37.4 Å². The van der Waals surface area contributed by atoms with Crippen LogP contribution >= 0.6 is 0 Å². The summed E-state index contributed by atoms with van der Waals surface area (Å²) in [4.78, 5) is 7.05. The third-order valence-electron chi connectivity index (χ3n) is 6.84. The van der Waals surface area contributed by atoms with Crippen LogP contribution in [0, 0.1) is 5.41 Å². The molecule has 3 heterocycles. The number of piperidine rings is 1. The molecule has 2 aliphatic heterocycles. The minimum absolute atomic E-state index is 0.0935. The minimum Gasteiger partial charge on any atom is -0.366 e. The summed E-state index contributed by atoms with van der Waals surface area (Å²) in [5.74, 6) is 0.862. The van der Waals surface area contributed by atoms with Crippen LogP contribution in [0.4, 0.5) is 5.82 Å². The average molecular weight is 380 g/mol. The van der Waals surface area contributed by atoms with Gasteiger partial charge in [0.1, 0.15) is 5.82 Å². The molecule has 2 saturated heterocycles. The number of benzene rings is 1. The molecule has 0 bridgehead atoms. The van der Waals surface area contributed by atoms with Gasteiger partial charge in [-0.05, 0) is 62.9 Å². The van der Waals surface area contributed by atoms with Crippen molar-refractivity contribution in [2.75, 3.05) is 25.0 Å². The van der Waals surface area contributed by atoms with E-state index in [9.17, 15) is 0 Å². The zero-order valence-corrected chi connectivity index (χ0v) is 17.7. The van der Waals surface area contributed by atoms with Gasteiger partial charge in [0.05, 0.1) is 11.7 Å². The summed E-state index contributed by atoms with van der Waals surface area (Å²) in [5.41, 5.74) is 2.26. The summed E-state index contributed by atoms with van der Waals surface area (Å²) in [6.07, 6.45) is 6.00. The number of likely N-dealkylation sites (tertiary alicyclic amines) is 1. The van der Waals surface area contributed by atoms with Crippen LogP contribution in [0.2, 0.25) is 0 Å². The van der Waals surface area contributed by atoms with Crippen molar-refractivity contribution in [1.29, 1.82) is 0 Å². The number of fused-ring (bicyclic) bond motifs is 1. The second kappa shape index (κ2) is 7.16. The number of ether oxygens (including phenoxy) is 1. The molecule has 4 heteroatoms. The van der Waals surface area contributed by atoms with Gasteiger partial charge in [-0.15, -0.1) is 0 Å². The largest absolute Gasteiger partial charge is 0.366 e. The number of nitrogens with zero attached hydrogens (tertiary/aromatic N) is 2. The first-order chi connectivity index (χ1) is 13.3. The summed E-state index contributed by atoms with van der Waals surface area (Å²) in [6, 6.07) is 8.69. The van der Waals surface area contributed by atoms with Crippen molar-refractivity contribution < 1.29 is 4.74 Å². The van der Waals surface area contributed by atoms with Gasteiger partial charge in [0.2, 0.25) is 0 Å². The maximum Gasteiger partial charge on any atom is 0.130 e. The lowest BCUT2D eigenvalue weighted by Gasteiger charge is -2.58. The molecule has 150 valence electrons. The molecule has 4 nitrogen and oxygen atoms in total. The van der Waals surface area contributed by atoms with E-state index in [0.29, 0.717) is 0 Å². The Morgan fingerprint density at radius 3 is 2.57 bits per heavy atom. The van der Waals surface area contributed by atoms with Crippen molar-refractivity contribution in [2.45, 2.75) is 58.7 Å². The monoisotopic (exact) mass is 379 g/mol. The van der Waals surface area contributed by atoms with Crippen LogP contribution in [0.15, 0.2) is 42.7 Å². The fraction of sp³-hybridized carbons (Fsp3) is 0.542. The van der Waals surface area contributed by atoms with Gasteiger partial charge in [-0.2, -0.15) is 0 Å². The first-order valence-corrected chi connectivity index (χ1v) is 10.5. The van der Waals surface area contributed by atoms with E-state index < -0.39 is 0 Å². The van der Waals surface area contributed by atoms with E-state index in [0.717, 1.165) is 23.4 Å². The summed E-state index contributed by atoms with van der Waals surface area (Å²) >= 11 is 0. The fourth-order valence-corrected chi connectivity index (χ4v) is 4.34. The van der Waals surface area contributed by atoms with Gasteiger partial charge in [-0.1, -0.05) is 39.0 Å². The Hall–Kier alpha value is -1.91. The molecule has 1 N–H and O–H groups in total. The van der Waals surface area contributed by atoms with Gasteiger partial charge in [-0.3, -0.25) is 4.90 Å². The minimum atomic E-state index is -0.0935. The summed E-state index contributed by atoms with van der Waals surface area (Å²) < 4.78 is 6.21. The molecule has 1 aromatic carbocycles. The second-order valence-electron chi connectivity index (χ2n) is 9.47. The molecule has 0 aliphatic carbocycles. The molecule has 0 spiro atoms. The first-order valence-electron chi connectivity index (χ1n) is 10.5. The molecule has 1 unspecified atom stereocenters. The number of aromatic nitrogens is 1. The van der Waals surface area contributed by atoms with E-state index in [1.807, 2.05) is 6.20 Å². The van der Waals surface area contributed by atoms with Gasteiger partial charge in [-0.25, -0.2) is 4.98 Å². The van der Waals surface area contributed by atoms with Crippen molar-refractivity contribution >= 4 is 16.6 Å². The van der Waals surface area contributed by atoms with E-state index in [2.05, 4.69) is 73.7 Å². The molecule has 2 aliphatic rings. The Morgan fingerprint density at radius 1 is 1.14 bits per heavy atom. The van der Waals surface area contributed by atoms with Crippen LogP contribution in [0.5, 0.6) is 0 Å². The van der Waals surface area contributed by atoms with Gasteiger partial charge < -0.3 is 10.1 Å². The smallest absolute Gasteiger partial charge is 0.130 e. The van der Waals surface area contributed by atoms with Gasteiger partial charge in [0.15, 0.2) is 0 Å². The molecule has 2 fully saturated rings. The summed E-state index contributed by atoms with van der Waals surface area (Å²) in [7, 11) is 0. The Kier molecular flexibility index (Phi) is 4.96. The zero-order chi connectivity index (χ0) is 19.9. The Balaban J connectivity index is 1.49. The maximum atomic E-state index is 6.21. The highest BCUT2D eigenvalue weighted by Gasteiger charge is 2.56. The summed E-state index contributed by atoms with van der Waals surface area (Å²) in [6.45, 7) is 16.4. The van der Waals surface area contributed by atoms with E-state index >= 15 is 0 Å². The number of hydrogen-bond acceptors (Lipinski definition) is 4. The van der Waals surface area contributed by atoms with Crippen LogP contribution in [0.3, 0.4) is 0 Å². The zero-order valence-electron chi connectivity index (χ0n) is 17.7. The lowest BCUT2D eigenvalue weighted by atomic mass is 9.65. The number of anilines is 1. The van der Waals surface area contributed by atoms with Crippen molar-refractivity contribution in [3.8, 4) is 0 Å². The van der Waals surface area contributed by atoms with Gasteiger partial charge >= 0.3 is 0 Å². The predicted molar refractivity (Wildman–Crippen MR) is 116 cm³/mol. The quantitative estimate of drug-likeness (QED) is 0.742. The highest BCUT2D eigenvalue weighted by Crippen LogP contribution is 2.57. The van der Waals surface area contributed by atoms with Crippen LogP contribution in [0.25, 0.3) is 10.8 Å². The molecule has 1 atom stereocenters. The van der Waals surface area contributed by atoms with Crippen LogP contribution in [0.1, 0.15) is 58.6 Å². The lowest BCUT2D eigenvalue weighted by Crippen LogP contribution is -2.57. The first kappa shape index (κ1) is 19.4. The molecular weight excluding hydrogens is 346 g/mol. The van der Waals surface area contributed by atoms with E-state index in [1.165, 1.54) is 43.3 Å². The number of nitrogens with one attached hydrogen (secondary N) is 1. The molecule has 0 radical (unpaired) electrons. The van der Waals surface area contributed by atoms with E-state index in [4.69, 9.17) is 4.74 Å². The molecular formula is C24H33N3O. The fourth-order valence-electron chi connectivity index (χ4n) is 4.34. The van der Waals surface area contributed by atoms with Gasteiger partial charge in [0.25, 0.3) is 0 Å². The standard InChI is InChI=1S/C24H33N3O/c1-17(16-27-11-7-6-8-12-27)26-21-14-20-13-18(9-10-19(20)15-25-21)22-23(2,3)24(4,5)28-22/h9-10,13-15,22H,1,6-8,11-12,16H2,2-5H3,(H,25,26). The van der Waals surface area contributed by atoms with Crippen LogP contribution in [-0.2, 0) is 4.74 Å². The predicted octanol–water partition coefficient (Wildman–Crippen LogP) is 5.52. The van der Waals surface area contributed by atoms with Crippen molar-refractivity contribution in [1.82, 2.24) is 9.88 Å². The van der Waals surface area contributed by atoms with Crippen molar-refractivity contribution in [3.63, 3.8) is 0 Å². The Labute approximate surface area is 169 Å². The molecule has 0 amide bonds. The molecule has 1 aromatic heterocycles. The highest BCUT2D eigenvalue weighted by atomic mass is 16.5. The molecule has 2 aromatic rings. The average Bonchev–Trinajstić information content (AvgIpc) is 2.66. The summed E-state index contributed by atoms with van der Waals surface area (Å²) in [5, 5.41) is 5.74.